The molecule has 7 nitrogen and oxygen atoms in total. The molecule has 0 atom stereocenters. The standard InChI is InChI=1S/C18H19N5O2/c1-12-7-8-19-14(9-12)10-13-3-5-16(20-11-13)21-18(25)15-4-6-17(24)23(2)22-15/h3,5,7-9,11H,4,6,10H2,1-2H3,(H,20,21,25). The van der Waals surface area contributed by atoms with Gasteiger partial charge in [0, 0.05) is 44.4 Å². The van der Waals surface area contributed by atoms with Gasteiger partial charge in [-0.25, -0.2) is 9.99 Å². The number of anilines is 1. The first-order chi connectivity index (χ1) is 12.0. The van der Waals surface area contributed by atoms with Crippen molar-refractivity contribution in [2.45, 2.75) is 26.2 Å². The molecule has 0 bridgehead atoms. The fraction of sp³-hybridized carbons (Fsp3) is 0.278. The molecule has 1 aliphatic rings. The number of aryl methyl sites for hydroxylation is 1. The second-order valence-electron chi connectivity index (χ2n) is 5.97. The minimum atomic E-state index is -0.333. The van der Waals surface area contributed by atoms with Crippen LogP contribution >= 0.6 is 0 Å². The molecular weight excluding hydrogens is 318 g/mol. The Kier molecular flexibility index (Phi) is 4.83. The van der Waals surface area contributed by atoms with E-state index >= 15 is 0 Å². The van der Waals surface area contributed by atoms with Gasteiger partial charge in [-0.3, -0.25) is 14.6 Å². The predicted octanol–water partition coefficient (Wildman–Crippen LogP) is 1.92. The number of pyridine rings is 2. The first kappa shape index (κ1) is 16.8. The van der Waals surface area contributed by atoms with Gasteiger partial charge in [-0.2, -0.15) is 5.10 Å². The van der Waals surface area contributed by atoms with Crippen molar-refractivity contribution < 1.29 is 9.59 Å². The summed E-state index contributed by atoms with van der Waals surface area (Å²) in [5, 5.41) is 7.90. The van der Waals surface area contributed by atoms with Crippen molar-refractivity contribution in [1.29, 1.82) is 0 Å². The maximum absolute atomic E-state index is 12.2. The molecule has 0 unspecified atom stereocenters. The summed E-state index contributed by atoms with van der Waals surface area (Å²) in [6.45, 7) is 2.03. The molecule has 128 valence electrons. The number of carbonyl (C=O) groups excluding carboxylic acids is 2. The normalized spacial score (nSPS) is 14.2. The molecule has 25 heavy (non-hydrogen) atoms. The van der Waals surface area contributed by atoms with Crippen LogP contribution in [0.15, 0.2) is 41.8 Å². The average molecular weight is 337 g/mol. The van der Waals surface area contributed by atoms with Gasteiger partial charge >= 0.3 is 0 Å². The Hall–Kier alpha value is -3.09. The lowest BCUT2D eigenvalue weighted by molar-refractivity contribution is -0.130. The highest BCUT2D eigenvalue weighted by molar-refractivity contribution is 6.43. The summed E-state index contributed by atoms with van der Waals surface area (Å²) in [4.78, 5) is 32.2. The quantitative estimate of drug-likeness (QED) is 0.923. The summed E-state index contributed by atoms with van der Waals surface area (Å²) in [7, 11) is 1.54. The second kappa shape index (κ2) is 7.21. The van der Waals surface area contributed by atoms with E-state index in [1.807, 2.05) is 25.1 Å². The van der Waals surface area contributed by atoms with Crippen LogP contribution in [0.1, 0.15) is 29.7 Å². The first-order valence-electron chi connectivity index (χ1n) is 8.03. The monoisotopic (exact) mass is 337 g/mol. The summed E-state index contributed by atoms with van der Waals surface area (Å²) >= 11 is 0. The van der Waals surface area contributed by atoms with Gasteiger partial charge in [0.1, 0.15) is 11.5 Å². The molecule has 0 aromatic carbocycles. The Balaban J connectivity index is 1.63. The van der Waals surface area contributed by atoms with Gasteiger partial charge in [0.2, 0.25) is 5.91 Å². The van der Waals surface area contributed by atoms with Crippen LogP contribution in [0.4, 0.5) is 5.82 Å². The van der Waals surface area contributed by atoms with Crippen LogP contribution in [0.25, 0.3) is 0 Å². The summed E-state index contributed by atoms with van der Waals surface area (Å²) in [6, 6.07) is 7.65. The minimum Gasteiger partial charge on any atom is -0.305 e. The Morgan fingerprint density at radius 2 is 2.08 bits per heavy atom. The first-order valence-corrected chi connectivity index (χ1v) is 8.03. The molecule has 7 heteroatoms. The number of carbonyl (C=O) groups is 2. The molecule has 0 saturated carbocycles. The van der Waals surface area contributed by atoms with Crippen LogP contribution in [0.2, 0.25) is 0 Å². The van der Waals surface area contributed by atoms with E-state index in [-0.39, 0.29) is 11.8 Å². The minimum absolute atomic E-state index is 0.0937. The van der Waals surface area contributed by atoms with Gasteiger partial charge in [0.05, 0.1) is 0 Å². The maximum atomic E-state index is 12.2. The molecule has 0 saturated heterocycles. The van der Waals surface area contributed by atoms with E-state index in [1.165, 1.54) is 10.6 Å². The third-order valence-corrected chi connectivity index (χ3v) is 3.89. The third kappa shape index (κ3) is 4.26. The molecule has 0 fully saturated rings. The Morgan fingerprint density at radius 3 is 2.76 bits per heavy atom. The number of rotatable bonds is 4. The van der Waals surface area contributed by atoms with E-state index in [0.717, 1.165) is 11.3 Å². The fourth-order valence-corrected chi connectivity index (χ4v) is 2.53. The van der Waals surface area contributed by atoms with Crippen LogP contribution < -0.4 is 5.32 Å². The van der Waals surface area contributed by atoms with Gasteiger partial charge in [-0.1, -0.05) is 6.07 Å². The molecule has 0 radical (unpaired) electrons. The molecular formula is C18H19N5O2. The van der Waals surface area contributed by atoms with E-state index < -0.39 is 0 Å². The lowest BCUT2D eigenvalue weighted by Gasteiger charge is -2.18. The SMILES string of the molecule is Cc1ccnc(Cc2ccc(NC(=O)C3=NN(C)C(=O)CC3)nc2)c1. The second-order valence-corrected chi connectivity index (χ2v) is 5.97. The summed E-state index contributed by atoms with van der Waals surface area (Å²) in [5.41, 5.74) is 3.48. The largest absolute Gasteiger partial charge is 0.305 e. The zero-order valence-electron chi connectivity index (χ0n) is 14.2. The Bertz CT molecular complexity index is 830. The van der Waals surface area contributed by atoms with Gasteiger partial charge in [0.15, 0.2) is 0 Å². The van der Waals surface area contributed by atoms with Crippen molar-refractivity contribution in [3.8, 4) is 0 Å². The zero-order chi connectivity index (χ0) is 17.8. The van der Waals surface area contributed by atoms with Crippen molar-refractivity contribution in [3.63, 3.8) is 0 Å². The lowest BCUT2D eigenvalue weighted by atomic mass is 10.1. The molecule has 3 heterocycles. The molecule has 0 aliphatic carbocycles. The maximum Gasteiger partial charge on any atom is 0.273 e. The highest BCUT2D eigenvalue weighted by Crippen LogP contribution is 2.12. The number of nitrogens with one attached hydrogen (secondary N) is 1. The molecule has 3 rings (SSSR count). The van der Waals surface area contributed by atoms with E-state index in [9.17, 15) is 9.59 Å². The topological polar surface area (TPSA) is 87.5 Å². The van der Waals surface area contributed by atoms with Crippen LogP contribution in [0.5, 0.6) is 0 Å². The fourth-order valence-electron chi connectivity index (χ4n) is 2.53. The summed E-state index contributed by atoms with van der Waals surface area (Å²) in [6.07, 6.45) is 4.82. The Morgan fingerprint density at radius 1 is 1.24 bits per heavy atom. The molecule has 1 N–H and O–H groups in total. The molecule has 0 spiro atoms. The van der Waals surface area contributed by atoms with Gasteiger partial charge in [-0.05, 0) is 36.2 Å². The van der Waals surface area contributed by atoms with E-state index in [0.29, 0.717) is 30.8 Å². The van der Waals surface area contributed by atoms with Crippen molar-refractivity contribution in [3.05, 3.63) is 53.5 Å². The van der Waals surface area contributed by atoms with Crippen molar-refractivity contribution in [1.82, 2.24) is 15.0 Å². The van der Waals surface area contributed by atoms with Gasteiger partial charge in [-0.15, -0.1) is 0 Å². The number of hydrazone groups is 1. The summed E-state index contributed by atoms with van der Waals surface area (Å²) in [5.74, 6) is 0.0249. The Labute approximate surface area is 145 Å². The predicted molar refractivity (Wildman–Crippen MR) is 94.1 cm³/mol. The third-order valence-electron chi connectivity index (χ3n) is 3.89. The van der Waals surface area contributed by atoms with Gasteiger partial charge < -0.3 is 5.32 Å². The smallest absolute Gasteiger partial charge is 0.273 e. The van der Waals surface area contributed by atoms with Crippen LogP contribution in [0.3, 0.4) is 0 Å². The van der Waals surface area contributed by atoms with E-state index in [2.05, 4.69) is 20.4 Å². The van der Waals surface area contributed by atoms with Crippen LogP contribution in [0, 0.1) is 6.92 Å². The average Bonchev–Trinajstić information content (AvgIpc) is 2.59. The number of aromatic nitrogens is 2. The number of nitrogens with zero attached hydrogens (tertiary/aromatic N) is 4. The van der Waals surface area contributed by atoms with Crippen molar-refractivity contribution in [2.75, 3.05) is 12.4 Å². The number of amides is 2. The van der Waals surface area contributed by atoms with Crippen molar-refractivity contribution in [2.24, 2.45) is 5.10 Å². The number of hydrogen-bond acceptors (Lipinski definition) is 5. The zero-order valence-corrected chi connectivity index (χ0v) is 14.2. The highest BCUT2D eigenvalue weighted by atomic mass is 16.2. The molecule has 1 aliphatic heterocycles. The van der Waals surface area contributed by atoms with Crippen molar-refractivity contribution >= 4 is 23.3 Å². The highest BCUT2D eigenvalue weighted by Gasteiger charge is 2.22. The van der Waals surface area contributed by atoms with Crippen LogP contribution in [-0.2, 0) is 16.0 Å². The number of hydrogen-bond donors (Lipinski definition) is 1. The van der Waals surface area contributed by atoms with Gasteiger partial charge in [0.25, 0.3) is 5.91 Å². The molecule has 2 aromatic heterocycles. The molecule has 2 aromatic rings. The summed E-state index contributed by atoms with van der Waals surface area (Å²) < 4.78 is 0. The van der Waals surface area contributed by atoms with Crippen LogP contribution in [-0.4, -0.2) is 39.6 Å². The van der Waals surface area contributed by atoms with E-state index in [1.54, 1.807) is 25.5 Å². The van der Waals surface area contributed by atoms with E-state index in [4.69, 9.17) is 0 Å². The molecule has 2 amide bonds. The lowest BCUT2D eigenvalue weighted by Crippen LogP contribution is -2.34.